The molecule has 0 saturated carbocycles. The molecule has 2 nitrogen and oxygen atoms in total. The van der Waals surface area contributed by atoms with Crippen LogP contribution in [0.25, 0.3) is 0 Å². The van der Waals surface area contributed by atoms with E-state index in [4.69, 9.17) is 0 Å². The molecular weight excluding hydrogens is 196 g/mol. The highest BCUT2D eigenvalue weighted by atomic mass is 15.2. The zero-order chi connectivity index (χ0) is 12.4. The van der Waals surface area contributed by atoms with E-state index in [1.54, 1.807) is 0 Å². The SMILES string of the molecule is CCC(CNC(C)(C)C)N1CCC(C)(C)C1. The van der Waals surface area contributed by atoms with Crippen LogP contribution in [0.15, 0.2) is 0 Å². The fourth-order valence-electron chi connectivity index (χ4n) is 2.42. The highest BCUT2D eigenvalue weighted by Crippen LogP contribution is 2.30. The largest absolute Gasteiger partial charge is 0.311 e. The van der Waals surface area contributed by atoms with Crippen molar-refractivity contribution in [2.75, 3.05) is 19.6 Å². The molecule has 1 saturated heterocycles. The van der Waals surface area contributed by atoms with Gasteiger partial charge in [-0.15, -0.1) is 0 Å². The first-order valence-corrected chi connectivity index (χ1v) is 6.72. The third kappa shape index (κ3) is 4.42. The van der Waals surface area contributed by atoms with Gasteiger partial charge in [-0.2, -0.15) is 0 Å². The zero-order valence-corrected chi connectivity index (χ0v) is 12.1. The summed E-state index contributed by atoms with van der Waals surface area (Å²) >= 11 is 0. The molecule has 0 bridgehead atoms. The van der Waals surface area contributed by atoms with Gasteiger partial charge in [0, 0.05) is 24.7 Å². The first-order valence-electron chi connectivity index (χ1n) is 6.72. The van der Waals surface area contributed by atoms with Crippen molar-refractivity contribution in [2.24, 2.45) is 5.41 Å². The fourth-order valence-corrected chi connectivity index (χ4v) is 2.42. The number of nitrogens with one attached hydrogen (secondary N) is 1. The Hall–Kier alpha value is -0.0800. The normalized spacial score (nSPS) is 23.6. The van der Waals surface area contributed by atoms with Gasteiger partial charge in [0.2, 0.25) is 0 Å². The highest BCUT2D eigenvalue weighted by molar-refractivity contribution is 4.88. The fraction of sp³-hybridized carbons (Fsp3) is 1.00. The Kier molecular flexibility index (Phi) is 4.42. The molecule has 1 unspecified atom stereocenters. The van der Waals surface area contributed by atoms with Crippen molar-refractivity contribution in [1.29, 1.82) is 0 Å². The third-order valence-electron chi connectivity index (χ3n) is 3.56. The minimum absolute atomic E-state index is 0.239. The van der Waals surface area contributed by atoms with E-state index in [-0.39, 0.29) is 5.54 Å². The standard InChI is InChI=1S/C14H30N2/c1-7-12(10-15-13(2,3)4)16-9-8-14(5,6)11-16/h12,15H,7-11H2,1-6H3. The Labute approximate surface area is 102 Å². The van der Waals surface area contributed by atoms with E-state index in [1.807, 2.05) is 0 Å². The average molecular weight is 226 g/mol. The smallest absolute Gasteiger partial charge is 0.0218 e. The van der Waals surface area contributed by atoms with Gasteiger partial charge in [0.25, 0.3) is 0 Å². The summed E-state index contributed by atoms with van der Waals surface area (Å²) < 4.78 is 0. The van der Waals surface area contributed by atoms with Gasteiger partial charge in [-0.05, 0) is 45.6 Å². The highest BCUT2D eigenvalue weighted by Gasteiger charge is 2.32. The number of likely N-dealkylation sites (tertiary alicyclic amines) is 1. The number of nitrogens with zero attached hydrogens (tertiary/aromatic N) is 1. The molecule has 1 aliphatic rings. The molecule has 0 aromatic rings. The lowest BCUT2D eigenvalue weighted by Crippen LogP contribution is -2.47. The van der Waals surface area contributed by atoms with Crippen molar-refractivity contribution in [3.63, 3.8) is 0 Å². The number of rotatable bonds is 4. The summed E-state index contributed by atoms with van der Waals surface area (Å²) in [6.07, 6.45) is 2.60. The van der Waals surface area contributed by atoms with Crippen LogP contribution in [0.2, 0.25) is 0 Å². The van der Waals surface area contributed by atoms with Crippen LogP contribution in [0, 0.1) is 5.41 Å². The second-order valence-corrected chi connectivity index (χ2v) is 7.08. The van der Waals surface area contributed by atoms with Gasteiger partial charge in [-0.3, -0.25) is 4.90 Å². The Morgan fingerprint density at radius 2 is 1.94 bits per heavy atom. The van der Waals surface area contributed by atoms with Crippen LogP contribution < -0.4 is 5.32 Å². The second-order valence-electron chi connectivity index (χ2n) is 7.08. The summed E-state index contributed by atoms with van der Waals surface area (Å²) in [7, 11) is 0. The lowest BCUT2D eigenvalue weighted by molar-refractivity contribution is 0.196. The number of hydrogen-bond donors (Lipinski definition) is 1. The predicted molar refractivity (Wildman–Crippen MR) is 71.8 cm³/mol. The molecule has 1 heterocycles. The van der Waals surface area contributed by atoms with E-state index < -0.39 is 0 Å². The molecule has 2 heteroatoms. The van der Waals surface area contributed by atoms with Gasteiger partial charge in [0.15, 0.2) is 0 Å². The van der Waals surface area contributed by atoms with Gasteiger partial charge in [0.05, 0.1) is 0 Å². The molecule has 0 aromatic carbocycles. The molecule has 1 rings (SSSR count). The molecule has 96 valence electrons. The maximum Gasteiger partial charge on any atom is 0.0218 e. The Morgan fingerprint density at radius 1 is 1.31 bits per heavy atom. The van der Waals surface area contributed by atoms with Crippen molar-refractivity contribution < 1.29 is 0 Å². The molecule has 0 radical (unpaired) electrons. The van der Waals surface area contributed by atoms with Gasteiger partial charge in [-0.1, -0.05) is 20.8 Å². The van der Waals surface area contributed by atoms with E-state index in [9.17, 15) is 0 Å². The molecule has 1 aliphatic heterocycles. The first-order chi connectivity index (χ1) is 7.23. The van der Waals surface area contributed by atoms with E-state index in [2.05, 4.69) is 51.8 Å². The van der Waals surface area contributed by atoms with Crippen molar-refractivity contribution in [3.05, 3.63) is 0 Å². The van der Waals surface area contributed by atoms with Gasteiger partial charge < -0.3 is 5.32 Å². The Bertz CT molecular complexity index is 215. The molecule has 1 N–H and O–H groups in total. The monoisotopic (exact) mass is 226 g/mol. The average Bonchev–Trinajstić information content (AvgIpc) is 2.45. The van der Waals surface area contributed by atoms with Crippen LogP contribution in [0.4, 0.5) is 0 Å². The molecule has 16 heavy (non-hydrogen) atoms. The number of hydrogen-bond acceptors (Lipinski definition) is 2. The van der Waals surface area contributed by atoms with E-state index in [0.29, 0.717) is 11.5 Å². The van der Waals surface area contributed by atoms with Crippen molar-refractivity contribution in [2.45, 2.75) is 66.0 Å². The maximum atomic E-state index is 3.64. The quantitative estimate of drug-likeness (QED) is 0.793. The van der Waals surface area contributed by atoms with E-state index in [0.717, 1.165) is 6.54 Å². The molecule has 0 amide bonds. The minimum atomic E-state index is 0.239. The molecule has 0 aromatic heterocycles. The summed E-state index contributed by atoms with van der Waals surface area (Å²) in [6, 6.07) is 0.709. The summed E-state index contributed by atoms with van der Waals surface area (Å²) in [5.74, 6) is 0. The Morgan fingerprint density at radius 3 is 2.31 bits per heavy atom. The predicted octanol–water partition coefficient (Wildman–Crippen LogP) is 2.89. The van der Waals surface area contributed by atoms with Gasteiger partial charge in [-0.25, -0.2) is 0 Å². The zero-order valence-electron chi connectivity index (χ0n) is 12.1. The maximum absolute atomic E-state index is 3.64. The van der Waals surface area contributed by atoms with Crippen LogP contribution in [-0.2, 0) is 0 Å². The van der Waals surface area contributed by atoms with E-state index in [1.165, 1.54) is 25.9 Å². The molecular formula is C14H30N2. The third-order valence-corrected chi connectivity index (χ3v) is 3.56. The minimum Gasteiger partial charge on any atom is -0.311 e. The van der Waals surface area contributed by atoms with Crippen molar-refractivity contribution in [3.8, 4) is 0 Å². The van der Waals surface area contributed by atoms with Crippen LogP contribution in [0.3, 0.4) is 0 Å². The van der Waals surface area contributed by atoms with Crippen molar-refractivity contribution >= 4 is 0 Å². The van der Waals surface area contributed by atoms with Crippen molar-refractivity contribution in [1.82, 2.24) is 10.2 Å². The second kappa shape index (κ2) is 5.05. The Balaban J connectivity index is 2.43. The van der Waals surface area contributed by atoms with Crippen LogP contribution in [-0.4, -0.2) is 36.1 Å². The topological polar surface area (TPSA) is 15.3 Å². The van der Waals surface area contributed by atoms with Gasteiger partial charge in [0.1, 0.15) is 0 Å². The molecule has 1 fully saturated rings. The van der Waals surface area contributed by atoms with E-state index >= 15 is 0 Å². The van der Waals surface area contributed by atoms with Crippen LogP contribution in [0.1, 0.15) is 54.4 Å². The van der Waals surface area contributed by atoms with Gasteiger partial charge >= 0.3 is 0 Å². The van der Waals surface area contributed by atoms with Crippen LogP contribution >= 0.6 is 0 Å². The lowest BCUT2D eigenvalue weighted by atomic mass is 9.93. The molecule has 0 spiro atoms. The first kappa shape index (κ1) is 14.0. The summed E-state index contributed by atoms with van der Waals surface area (Å²) in [5.41, 5.74) is 0.762. The summed E-state index contributed by atoms with van der Waals surface area (Å²) in [6.45, 7) is 17.5. The molecule has 1 atom stereocenters. The lowest BCUT2D eigenvalue weighted by Gasteiger charge is -2.31. The summed E-state index contributed by atoms with van der Waals surface area (Å²) in [4.78, 5) is 2.67. The van der Waals surface area contributed by atoms with Crippen LogP contribution in [0.5, 0.6) is 0 Å². The molecule has 0 aliphatic carbocycles. The summed E-state index contributed by atoms with van der Waals surface area (Å²) in [5, 5.41) is 3.64.